The molecule has 2 atom stereocenters. The molecule has 0 aromatic carbocycles. The zero-order valence-electron chi connectivity index (χ0n) is 9.89. The minimum atomic E-state index is -1.29. The molecular formula is C11H20FNO2. The Morgan fingerprint density at radius 3 is 2.53 bits per heavy atom. The summed E-state index contributed by atoms with van der Waals surface area (Å²) >= 11 is 0. The standard InChI is InChI=1S/C11H20FNO2/c1-10(2,3)15-9(14)13-8-6-5-7-11(8,4)12/h8H,5-7H2,1-4H3,(H,13,14). The van der Waals surface area contributed by atoms with Crippen molar-refractivity contribution in [2.75, 3.05) is 0 Å². The maximum Gasteiger partial charge on any atom is 0.407 e. The lowest BCUT2D eigenvalue weighted by Crippen LogP contribution is -2.46. The second-order valence-electron chi connectivity index (χ2n) is 5.37. The van der Waals surface area contributed by atoms with E-state index in [1.54, 1.807) is 20.8 Å². The first-order valence-electron chi connectivity index (χ1n) is 5.39. The van der Waals surface area contributed by atoms with Crippen molar-refractivity contribution in [2.45, 2.75) is 64.3 Å². The Morgan fingerprint density at radius 1 is 1.53 bits per heavy atom. The highest BCUT2D eigenvalue weighted by molar-refractivity contribution is 5.68. The van der Waals surface area contributed by atoms with Gasteiger partial charge in [0, 0.05) is 0 Å². The smallest absolute Gasteiger partial charge is 0.407 e. The maximum absolute atomic E-state index is 13.8. The van der Waals surface area contributed by atoms with Gasteiger partial charge in [-0.1, -0.05) is 0 Å². The Labute approximate surface area is 90.4 Å². The van der Waals surface area contributed by atoms with Crippen LogP contribution in [-0.4, -0.2) is 23.4 Å². The summed E-state index contributed by atoms with van der Waals surface area (Å²) in [7, 11) is 0. The number of ether oxygens (including phenoxy) is 1. The Kier molecular flexibility index (Phi) is 3.26. The van der Waals surface area contributed by atoms with Crippen molar-refractivity contribution in [3.63, 3.8) is 0 Å². The Hall–Kier alpha value is -0.800. The summed E-state index contributed by atoms with van der Waals surface area (Å²) in [5, 5.41) is 2.59. The second kappa shape index (κ2) is 3.99. The van der Waals surface area contributed by atoms with Crippen LogP contribution < -0.4 is 5.32 Å². The van der Waals surface area contributed by atoms with E-state index in [-0.39, 0.29) is 0 Å². The zero-order valence-corrected chi connectivity index (χ0v) is 9.89. The average molecular weight is 217 g/mol. The minimum Gasteiger partial charge on any atom is -0.444 e. The first-order valence-corrected chi connectivity index (χ1v) is 5.39. The van der Waals surface area contributed by atoms with Crippen LogP contribution >= 0.6 is 0 Å². The Balaban J connectivity index is 2.45. The lowest BCUT2D eigenvalue weighted by Gasteiger charge is -2.26. The molecule has 1 saturated carbocycles. The number of halogens is 1. The van der Waals surface area contributed by atoms with Gasteiger partial charge in [-0.3, -0.25) is 0 Å². The van der Waals surface area contributed by atoms with Gasteiger partial charge in [0.2, 0.25) is 0 Å². The molecule has 1 rings (SSSR count). The lowest BCUT2D eigenvalue weighted by molar-refractivity contribution is 0.0437. The fourth-order valence-corrected chi connectivity index (χ4v) is 1.80. The molecule has 1 fully saturated rings. The van der Waals surface area contributed by atoms with E-state index in [9.17, 15) is 9.18 Å². The molecule has 0 aromatic rings. The number of amides is 1. The van der Waals surface area contributed by atoms with Crippen LogP contribution in [0.15, 0.2) is 0 Å². The number of carbonyl (C=O) groups is 1. The predicted octanol–water partition coefficient (Wildman–Crippen LogP) is 2.79. The molecular weight excluding hydrogens is 197 g/mol. The van der Waals surface area contributed by atoms with E-state index in [0.717, 1.165) is 6.42 Å². The van der Waals surface area contributed by atoms with E-state index in [4.69, 9.17) is 4.74 Å². The number of alkyl carbamates (subject to hydrolysis) is 1. The van der Waals surface area contributed by atoms with Gasteiger partial charge >= 0.3 is 6.09 Å². The van der Waals surface area contributed by atoms with Gasteiger partial charge in [-0.15, -0.1) is 0 Å². The minimum absolute atomic E-state index is 0.410. The molecule has 1 aliphatic rings. The second-order valence-corrected chi connectivity index (χ2v) is 5.37. The van der Waals surface area contributed by atoms with Crippen LogP contribution in [0.25, 0.3) is 0 Å². The molecule has 2 unspecified atom stereocenters. The number of nitrogens with one attached hydrogen (secondary N) is 1. The fraction of sp³-hybridized carbons (Fsp3) is 0.909. The highest BCUT2D eigenvalue weighted by Gasteiger charge is 2.40. The largest absolute Gasteiger partial charge is 0.444 e. The molecule has 1 aliphatic carbocycles. The van der Waals surface area contributed by atoms with Crippen molar-refractivity contribution in [3.8, 4) is 0 Å². The third-order valence-corrected chi connectivity index (χ3v) is 2.58. The number of hydrogen-bond acceptors (Lipinski definition) is 2. The first kappa shape index (κ1) is 12.3. The van der Waals surface area contributed by atoms with E-state index >= 15 is 0 Å². The van der Waals surface area contributed by atoms with Crippen molar-refractivity contribution in [3.05, 3.63) is 0 Å². The predicted molar refractivity (Wildman–Crippen MR) is 56.5 cm³/mol. The number of hydrogen-bond donors (Lipinski definition) is 1. The summed E-state index contributed by atoms with van der Waals surface area (Å²) in [6.07, 6.45) is 1.48. The maximum atomic E-state index is 13.8. The molecule has 1 amide bonds. The van der Waals surface area contributed by atoms with Crippen molar-refractivity contribution < 1.29 is 13.9 Å². The number of alkyl halides is 1. The Morgan fingerprint density at radius 2 is 2.13 bits per heavy atom. The van der Waals surface area contributed by atoms with Crippen molar-refractivity contribution >= 4 is 6.09 Å². The van der Waals surface area contributed by atoms with Crippen LogP contribution in [0.3, 0.4) is 0 Å². The number of carbonyl (C=O) groups excluding carboxylic acids is 1. The molecule has 0 aromatic heterocycles. The summed E-state index contributed by atoms with van der Waals surface area (Å²) in [5.41, 5.74) is -1.83. The van der Waals surface area contributed by atoms with E-state index in [2.05, 4.69) is 5.32 Å². The van der Waals surface area contributed by atoms with Crippen LogP contribution in [0.4, 0.5) is 9.18 Å². The Bertz CT molecular complexity index is 245. The topological polar surface area (TPSA) is 38.3 Å². The van der Waals surface area contributed by atoms with Gasteiger partial charge in [0.1, 0.15) is 11.3 Å². The van der Waals surface area contributed by atoms with Crippen LogP contribution in [0.1, 0.15) is 47.0 Å². The molecule has 88 valence electrons. The van der Waals surface area contributed by atoms with Gasteiger partial charge in [0.15, 0.2) is 0 Å². The molecule has 0 aliphatic heterocycles. The molecule has 0 saturated heterocycles. The lowest BCUT2D eigenvalue weighted by atomic mass is 10.0. The van der Waals surface area contributed by atoms with Crippen LogP contribution in [0.5, 0.6) is 0 Å². The van der Waals surface area contributed by atoms with E-state index < -0.39 is 23.4 Å². The summed E-state index contributed by atoms with van der Waals surface area (Å²) in [4.78, 5) is 11.4. The van der Waals surface area contributed by atoms with E-state index in [1.807, 2.05) is 0 Å². The van der Waals surface area contributed by atoms with Gasteiger partial charge in [-0.2, -0.15) is 0 Å². The normalized spacial score (nSPS) is 31.4. The van der Waals surface area contributed by atoms with E-state index in [1.165, 1.54) is 6.92 Å². The molecule has 1 N–H and O–H groups in total. The summed E-state index contributed by atoms with van der Waals surface area (Å²) < 4.78 is 18.9. The van der Waals surface area contributed by atoms with Gasteiger partial charge in [0.05, 0.1) is 6.04 Å². The van der Waals surface area contributed by atoms with Gasteiger partial charge in [-0.25, -0.2) is 9.18 Å². The van der Waals surface area contributed by atoms with E-state index in [0.29, 0.717) is 12.8 Å². The third-order valence-electron chi connectivity index (χ3n) is 2.58. The van der Waals surface area contributed by atoms with Crippen molar-refractivity contribution in [1.29, 1.82) is 0 Å². The van der Waals surface area contributed by atoms with Crippen LogP contribution in [0, 0.1) is 0 Å². The third kappa shape index (κ3) is 3.68. The highest BCUT2D eigenvalue weighted by Crippen LogP contribution is 2.33. The first-order chi connectivity index (χ1) is 6.71. The van der Waals surface area contributed by atoms with Crippen molar-refractivity contribution in [1.82, 2.24) is 5.32 Å². The average Bonchev–Trinajstić information content (AvgIpc) is 2.26. The monoisotopic (exact) mass is 217 g/mol. The summed E-state index contributed by atoms with van der Waals surface area (Å²) in [5.74, 6) is 0. The van der Waals surface area contributed by atoms with Gasteiger partial charge in [-0.05, 0) is 47.0 Å². The molecule has 0 spiro atoms. The highest BCUT2D eigenvalue weighted by atomic mass is 19.1. The summed E-state index contributed by atoms with van der Waals surface area (Å²) in [6, 6.07) is -0.410. The molecule has 3 nitrogen and oxygen atoms in total. The molecule has 0 heterocycles. The number of rotatable bonds is 1. The zero-order chi connectivity index (χ0) is 11.7. The molecule has 0 bridgehead atoms. The van der Waals surface area contributed by atoms with Gasteiger partial charge < -0.3 is 10.1 Å². The molecule has 0 radical (unpaired) electrons. The molecule has 4 heteroatoms. The summed E-state index contributed by atoms with van der Waals surface area (Å²) in [6.45, 7) is 6.89. The van der Waals surface area contributed by atoms with Crippen LogP contribution in [-0.2, 0) is 4.74 Å². The SMILES string of the molecule is CC(C)(C)OC(=O)NC1CCCC1(C)F. The molecule has 15 heavy (non-hydrogen) atoms. The van der Waals surface area contributed by atoms with Crippen molar-refractivity contribution in [2.24, 2.45) is 0 Å². The van der Waals surface area contributed by atoms with Gasteiger partial charge in [0.25, 0.3) is 0 Å². The quantitative estimate of drug-likeness (QED) is 0.733. The van der Waals surface area contributed by atoms with Crippen LogP contribution in [0.2, 0.25) is 0 Å². The fourth-order valence-electron chi connectivity index (χ4n) is 1.80.